The van der Waals surface area contributed by atoms with Gasteiger partial charge in [-0.3, -0.25) is 14.3 Å². The Morgan fingerprint density at radius 3 is 2.60 bits per heavy atom. The molecule has 0 bridgehead atoms. The second-order valence-corrected chi connectivity index (χ2v) is 6.99. The number of aromatic nitrogens is 3. The predicted molar refractivity (Wildman–Crippen MR) is 93.4 cm³/mol. The fourth-order valence-corrected chi connectivity index (χ4v) is 3.43. The van der Waals surface area contributed by atoms with Crippen LogP contribution >= 0.6 is 0 Å². The van der Waals surface area contributed by atoms with Gasteiger partial charge in [0.2, 0.25) is 0 Å². The number of aryl methyl sites for hydroxylation is 2. The molecule has 3 N–H and O–H groups in total. The van der Waals surface area contributed by atoms with E-state index >= 15 is 0 Å². The van der Waals surface area contributed by atoms with E-state index in [0.717, 1.165) is 16.8 Å². The molecule has 25 heavy (non-hydrogen) atoms. The van der Waals surface area contributed by atoms with Crippen LogP contribution in [0.3, 0.4) is 0 Å². The third kappa shape index (κ3) is 3.24. The third-order valence-electron chi connectivity index (χ3n) is 5.25. The maximum Gasteiger partial charge on any atom is 0.261 e. The van der Waals surface area contributed by atoms with Crippen LogP contribution in [0.15, 0.2) is 17.2 Å². The number of nitrogens with one attached hydrogen (secondary N) is 2. The summed E-state index contributed by atoms with van der Waals surface area (Å²) in [5.41, 5.74) is 3.02. The fraction of sp³-hybridized carbons (Fsp3) is 0.500. The molecule has 7 heteroatoms. The Bertz CT molecular complexity index is 862. The summed E-state index contributed by atoms with van der Waals surface area (Å²) in [6.45, 7) is 5.50. The zero-order valence-electron chi connectivity index (χ0n) is 15.0. The molecular weight excluding hydrogens is 320 g/mol. The van der Waals surface area contributed by atoms with Crippen molar-refractivity contribution in [2.24, 2.45) is 13.0 Å². The van der Waals surface area contributed by atoms with E-state index in [1.165, 1.54) is 0 Å². The maximum atomic E-state index is 12.8. The Hall–Kier alpha value is -2.41. The molecule has 2 aromatic heterocycles. The molecule has 2 aromatic rings. The van der Waals surface area contributed by atoms with Gasteiger partial charge in [0, 0.05) is 24.5 Å². The van der Waals surface area contributed by atoms with E-state index in [1.54, 1.807) is 17.8 Å². The number of hydrogen-bond donors (Lipinski definition) is 3. The summed E-state index contributed by atoms with van der Waals surface area (Å²) in [5.74, 6) is -0.258. The number of pyridine rings is 1. The summed E-state index contributed by atoms with van der Waals surface area (Å²) >= 11 is 0. The SMILES string of the molecule is Cc1[nH]c(=O)c(C(=O)N[C@@H](c2cnn(C)c2)C2CC(O)C2)c(C)c1C. The van der Waals surface area contributed by atoms with Gasteiger partial charge in [0.05, 0.1) is 18.3 Å². The number of aromatic amines is 1. The summed E-state index contributed by atoms with van der Waals surface area (Å²) in [4.78, 5) is 27.9. The van der Waals surface area contributed by atoms with Gasteiger partial charge in [-0.15, -0.1) is 0 Å². The van der Waals surface area contributed by atoms with Crippen molar-refractivity contribution in [3.63, 3.8) is 0 Å². The smallest absolute Gasteiger partial charge is 0.261 e. The molecule has 134 valence electrons. The zero-order valence-corrected chi connectivity index (χ0v) is 15.0. The molecule has 1 amide bonds. The number of hydrogen-bond acceptors (Lipinski definition) is 4. The van der Waals surface area contributed by atoms with E-state index in [1.807, 2.05) is 27.1 Å². The summed E-state index contributed by atoms with van der Waals surface area (Å²) in [5, 5.41) is 16.8. The Morgan fingerprint density at radius 1 is 1.36 bits per heavy atom. The highest BCUT2D eigenvalue weighted by Crippen LogP contribution is 2.38. The van der Waals surface area contributed by atoms with Gasteiger partial charge in [0.25, 0.3) is 11.5 Å². The number of H-pyrrole nitrogens is 1. The normalized spacial score (nSPS) is 20.8. The van der Waals surface area contributed by atoms with Gasteiger partial charge in [-0.2, -0.15) is 5.10 Å². The van der Waals surface area contributed by atoms with Crippen molar-refractivity contribution in [3.8, 4) is 0 Å². The van der Waals surface area contributed by atoms with Gasteiger partial charge in [-0.05, 0) is 50.7 Å². The van der Waals surface area contributed by atoms with Crippen LogP contribution < -0.4 is 10.9 Å². The van der Waals surface area contributed by atoms with E-state index in [0.29, 0.717) is 18.4 Å². The van der Waals surface area contributed by atoms with E-state index in [-0.39, 0.29) is 29.2 Å². The fourth-order valence-electron chi connectivity index (χ4n) is 3.43. The molecule has 0 spiro atoms. The van der Waals surface area contributed by atoms with Gasteiger partial charge in [0.1, 0.15) is 5.56 Å². The van der Waals surface area contributed by atoms with Gasteiger partial charge in [0.15, 0.2) is 0 Å². The van der Waals surface area contributed by atoms with Crippen molar-refractivity contribution in [1.82, 2.24) is 20.1 Å². The summed E-state index contributed by atoms with van der Waals surface area (Å²) < 4.78 is 1.68. The number of amides is 1. The standard InChI is InChI=1S/C18H24N4O3/c1-9-10(2)15(17(24)20-11(9)3)18(25)21-16(12-5-14(23)6-12)13-7-19-22(4)8-13/h7-8,12,14,16,23H,5-6H2,1-4H3,(H,20,24)(H,21,25)/t12?,14?,16-/m1/s1. The van der Waals surface area contributed by atoms with Gasteiger partial charge in [-0.25, -0.2) is 0 Å². The molecule has 3 rings (SSSR count). The molecule has 0 unspecified atom stereocenters. The lowest BCUT2D eigenvalue weighted by molar-refractivity contribution is 0.0235. The first kappa shape index (κ1) is 17.4. The topological polar surface area (TPSA) is 100 Å². The Kier molecular flexibility index (Phi) is 4.51. The Balaban J connectivity index is 1.91. The van der Waals surface area contributed by atoms with Crippen molar-refractivity contribution < 1.29 is 9.90 Å². The summed E-state index contributed by atoms with van der Waals surface area (Å²) in [6, 6.07) is -0.273. The molecule has 7 nitrogen and oxygen atoms in total. The van der Waals surface area contributed by atoms with Crippen LogP contribution in [0.5, 0.6) is 0 Å². The Labute approximate surface area is 146 Å². The molecule has 2 heterocycles. The highest BCUT2D eigenvalue weighted by atomic mass is 16.3. The lowest BCUT2D eigenvalue weighted by Gasteiger charge is -2.37. The van der Waals surface area contributed by atoms with Crippen molar-refractivity contribution in [3.05, 3.63) is 50.7 Å². The molecule has 0 radical (unpaired) electrons. The lowest BCUT2D eigenvalue weighted by Crippen LogP contribution is -2.42. The minimum absolute atomic E-state index is 0.133. The van der Waals surface area contributed by atoms with Crippen molar-refractivity contribution in [1.29, 1.82) is 0 Å². The monoisotopic (exact) mass is 344 g/mol. The molecule has 0 saturated heterocycles. The van der Waals surface area contributed by atoms with E-state index in [9.17, 15) is 14.7 Å². The van der Waals surface area contributed by atoms with Crippen LogP contribution in [-0.2, 0) is 7.05 Å². The van der Waals surface area contributed by atoms with Crippen molar-refractivity contribution in [2.45, 2.75) is 45.8 Å². The van der Waals surface area contributed by atoms with Crippen LogP contribution in [0.25, 0.3) is 0 Å². The van der Waals surface area contributed by atoms with Crippen LogP contribution in [0.4, 0.5) is 0 Å². The average molecular weight is 344 g/mol. The number of nitrogens with zero attached hydrogens (tertiary/aromatic N) is 2. The van der Waals surface area contributed by atoms with E-state index < -0.39 is 5.91 Å². The number of carbonyl (C=O) groups excluding carboxylic acids is 1. The number of rotatable bonds is 4. The van der Waals surface area contributed by atoms with Crippen molar-refractivity contribution >= 4 is 5.91 Å². The van der Waals surface area contributed by atoms with Crippen LogP contribution in [0.2, 0.25) is 0 Å². The maximum absolute atomic E-state index is 12.8. The average Bonchev–Trinajstić information content (AvgIpc) is 2.94. The molecule has 0 aliphatic heterocycles. The molecular formula is C18H24N4O3. The number of aliphatic hydroxyl groups excluding tert-OH is 1. The minimum atomic E-state index is -0.392. The van der Waals surface area contributed by atoms with Crippen LogP contribution in [0, 0.1) is 26.7 Å². The first-order valence-corrected chi connectivity index (χ1v) is 8.45. The molecule has 1 aliphatic carbocycles. The van der Waals surface area contributed by atoms with E-state index in [2.05, 4.69) is 15.4 Å². The zero-order chi connectivity index (χ0) is 18.3. The molecule has 1 fully saturated rings. The molecule has 1 saturated carbocycles. The molecule has 0 aromatic carbocycles. The number of carbonyl (C=O) groups is 1. The molecule has 1 atom stereocenters. The highest BCUT2D eigenvalue weighted by molar-refractivity contribution is 5.95. The quantitative estimate of drug-likeness (QED) is 0.778. The third-order valence-corrected chi connectivity index (χ3v) is 5.25. The van der Waals surface area contributed by atoms with Gasteiger partial charge in [-0.1, -0.05) is 0 Å². The van der Waals surface area contributed by atoms with Crippen molar-refractivity contribution in [2.75, 3.05) is 0 Å². The number of aliphatic hydroxyl groups is 1. The van der Waals surface area contributed by atoms with Crippen LogP contribution in [-0.4, -0.2) is 31.9 Å². The first-order chi connectivity index (χ1) is 11.8. The second kappa shape index (κ2) is 6.48. The summed E-state index contributed by atoms with van der Waals surface area (Å²) in [6.07, 6.45) is 4.50. The Morgan fingerprint density at radius 2 is 2.04 bits per heavy atom. The first-order valence-electron chi connectivity index (χ1n) is 8.45. The second-order valence-electron chi connectivity index (χ2n) is 6.99. The predicted octanol–water partition coefficient (Wildman–Crippen LogP) is 1.28. The lowest BCUT2D eigenvalue weighted by atomic mass is 9.75. The van der Waals surface area contributed by atoms with Gasteiger partial charge < -0.3 is 15.4 Å². The summed E-state index contributed by atoms with van der Waals surface area (Å²) in [7, 11) is 1.82. The van der Waals surface area contributed by atoms with Gasteiger partial charge >= 0.3 is 0 Å². The van der Waals surface area contributed by atoms with Crippen LogP contribution in [0.1, 0.15) is 51.6 Å². The molecule has 1 aliphatic rings. The minimum Gasteiger partial charge on any atom is -0.393 e. The van der Waals surface area contributed by atoms with E-state index in [4.69, 9.17) is 0 Å². The highest BCUT2D eigenvalue weighted by Gasteiger charge is 2.36. The largest absolute Gasteiger partial charge is 0.393 e.